The Morgan fingerprint density at radius 1 is 1.50 bits per heavy atom. The van der Waals surface area contributed by atoms with E-state index in [2.05, 4.69) is 20.9 Å². The summed E-state index contributed by atoms with van der Waals surface area (Å²) in [6, 6.07) is 3.40. The normalized spacial score (nSPS) is 11.4. The lowest BCUT2D eigenvalue weighted by Crippen LogP contribution is -2.28. The first kappa shape index (κ1) is 11.5. The average molecular weight is 279 g/mol. The van der Waals surface area contributed by atoms with Gasteiger partial charge in [-0.2, -0.15) is 0 Å². The molecule has 0 aliphatic heterocycles. The number of aromatic nitrogens is 1. The highest BCUT2D eigenvalue weighted by Gasteiger charge is 2.16. The van der Waals surface area contributed by atoms with Crippen molar-refractivity contribution >= 4 is 31.8 Å². The molecule has 0 atom stereocenters. The molecule has 0 saturated carbocycles. The topological polar surface area (TPSA) is 50.3 Å². The van der Waals surface area contributed by atoms with Crippen LogP contribution in [0.3, 0.4) is 0 Å². The molecular formula is C8H11BrN2O2S. The minimum absolute atomic E-state index is 0.0707. The summed E-state index contributed by atoms with van der Waals surface area (Å²) < 4.78 is 24.9. The molecule has 1 heterocycles. The SMILES string of the molecule is CCS(=O)(=O)N(C)c1ccc(Br)cn1. The zero-order chi connectivity index (χ0) is 10.8. The largest absolute Gasteiger partial charge is 0.257 e. The van der Waals surface area contributed by atoms with Crippen molar-refractivity contribution in [3.8, 4) is 0 Å². The molecule has 0 N–H and O–H groups in total. The van der Waals surface area contributed by atoms with Crippen molar-refractivity contribution in [2.75, 3.05) is 17.1 Å². The molecule has 0 spiro atoms. The Labute approximate surface area is 92.1 Å². The van der Waals surface area contributed by atoms with Gasteiger partial charge in [0, 0.05) is 17.7 Å². The molecule has 0 fully saturated rings. The Kier molecular flexibility index (Phi) is 3.49. The van der Waals surface area contributed by atoms with Crippen LogP contribution in [0.25, 0.3) is 0 Å². The summed E-state index contributed by atoms with van der Waals surface area (Å²) in [5.74, 6) is 0.497. The van der Waals surface area contributed by atoms with Gasteiger partial charge in [-0.1, -0.05) is 0 Å². The smallest absolute Gasteiger partial charge is 0.235 e. The van der Waals surface area contributed by atoms with E-state index in [1.54, 1.807) is 25.3 Å². The third-order valence-electron chi connectivity index (χ3n) is 1.82. The third kappa shape index (κ3) is 2.45. The fraction of sp³-hybridized carbons (Fsp3) is 0.375. The van der Waals surface area contributed by atoms with E-state index in [0.29, 0.717) is 5.82 Å². The highest BCUT2D eigenvalue weighted by atomic mass is 79.9. The van der Waals surface area contributed by atoms with Gasteiger partial charge in [0.2, 0.25) is 10.0 Å². The van der Waals surface area contributed by atoms with Crippen molar-refractivity contribution in [1.82, 2.24) is 4.98 Å². The second-order valence-electron chi connectivity index (χ2n) is 2.70. The van der Waals surface area contributed by atoms with Gasteiger partial charge in [0.25, 0.3) is 0 Å². The molecule has 6 heteroatoms. The van der Waals surface area contributed by atoms with Crippen LogP contribution in [-0.4, -0.2) is 26.2 Å². The summed E-state index contributed by atoms with van der Waals surface area (Å²) in [6.45, 7) is 1.60. The van der Waals surface area contributed by atoms with Crippen molar-refractivity contribution in [2.24, 2.45) is 0 Å². The van der Waals surface area contributed by atoms with Crippen molar-refractivity contribution < 1.29 is 8.42 Å². The van der Waals surface area contributed by atoms with E-state index >= 15 is 0 Å². The molecule has 0 aliphatic rings. The van der Waals surface area contributed by atoms with E-state index in [-0.39, 0.29) is 5.75 Å². The van der Waals surface area contributed by atoms with Crippen LogP contribution in [0.4, 0.5) is 5.82 Å². The fourth-order valence-corrected chi connectivity index (χ4v) is 1.91. The molecule has 0 bridgehead atoms. The summed E-state index contributed by atoms with van der Waals surface area (Å²) in [4.78, 5) is 3.99. The molecule has 14 heavy (non-hydrogen) atoms. The lowest BCUT2D eigenvalue weighted by molar-refractivity contribution is 0.595. The maximum Gasteiger partial charge on any atom is 0.235 e. The summed E-state index contributed by atoms with van der Waals surface area (Å²) in [6.07, 6.45) is 1.57. The van der Waals surface area contributed by atoms with Gasteiger partial charge in [-0.25, -0.2) is 13.4 Å². The van der Waals surface area contributed by atoms with Gasteiger partial charge >= 0.3 is 0 Å². The van der Waals surface area contributed by atoms with E-state index in [9.17, 15) is 8.42 Å². The van der Waals surface area contributed by atoms with E-state index in [0.717, 1.165) is 4.47 Å². The Balaban J connectivity index is 3.01. The molecule has 1 aromatic rings. The maximum absolute atomic E-state index is 11.5. The quantitative estimate of drug-likeness (QED) is 0.845. The van der Waals surface area contributed by atoms with E-state index in [4.69, 9.17) is 0 Å². The van der Waals surface area contributed by atoms with Gasteiger partial charge in [0.15, 0.2) is 0 Å². The Hall–Kier alpha value is -0.620. The van der Waals surface area contributed by atoms with Crippen LogP contribution >= 0.6 is 15.9 Å². The summed E-state index contributed by atoms with van der Waals surface area (Å²) in [5.41, 5.74) is 0. The lowest BCUT2D eigenvalue weighted by atomic mass is 10.5. The number of hydrogen-bond acceptors (Lipinski definition) is 3. The van der Waals surface area contributed by atoms with Crippen molar-refractivity contribution in [3.63, 3.8) is 0 Å². The highest BCUT2D eigenvalue weighted by Crippen LogP contribution is 2.15. The summed E-state index contributed by atoms with van der Waals surface area (Å²) >= 11 is 3.23. The molecule has 0 saturated heterocycles. The number of pyridine rings is 1. The van der Waals surface area contributed by atoms with E-state index in [1.165, 1.54) is 11.4 Å². The lowest BCUT2D eigenvalue weighted by Gasteiger charge is -2.16. The second-order valence-corrected chi connectivity index (χ2v) is 5.91. The van der Waals surface area contributed by atoms with Crippen LogP contribution in [0.15, 0.2) is 22.8 Å². The first-order chi connectivity index (χ1) is 6.47. The van der Waals surface area contributed by atoms with Crippen LogP contribution in [0, 0.1) is 0 Å². The molecule has 78 valence electrons. The van der Waals surface area contributed by atoms with Gasteiger partial charge in [-0.3, -0.25) is 4.31 Å². The predicted octanol–water partition coefficient (Wildman–Crippen LogP) is 1.63. The number of halogens is 1. The Morgan fingerprint density at radius 2 is 2.14 bits per heavy atom. The first-order valence-corrected chi connectivity index (χ1v) is 6.45. The number of hydrogen-bond donors (Lipinski definition) is 0. The van der Waals surface area contributed by atoms with E-state index < -0.39 is 10.0 Å². The number of nitrogens with zero attached hydrogens (tertiary/aromatic N) is 2. The third-order valence-corrected chi connectivity index (χ3v) is 4.04. The minimum Gasteiger partial charge on any atom is -0.257 e. The van der Waals surface area contributed by atoms with E-state index in [1.807, 2.05) is 0 Å². The Morgan fingerprint density at radius 3 is 2.57 bits per heavy atom. The van der Waals surface area contributed by atoms with Crippen LogP contribution in [-0.2, 0) is 10.0 Å². The molecule has 0 radical (unpaired) electrons. The molecule has 0 aliphatic carbocycles. The van der Waals surface area contributed by atoms with Gasteiger partial charge in [0.05, 0.1) is 5.75 Å². The molecule has 1 rings (SSSR count). The van der Waals surface area contributed by atoms with Crippen LogP contribution in [0.5, 0.6) is 0 Å². The molecule has 1 aromatic heterocycles. The van der Waals surface area contributed by atoms with Crippen molar-refractivity contribution in [3.05, 3.63) is 22.8 Å². The van der Waals surface area contributed by atoms with Gasteiger partial charge < -0.3 is 0 Å². The predicted molar refractivity (Wildman–Crippen MR) is 59.8 cm³/mol. The Bertz CT molecular complexity index is 402. The minimum atomic E-state index is -3.21. The van der Waals surface area contributed by atoms with Crippen LogP contribution in [0.1, 0.15) is 6.92 Å². The highest BCUT2D eigenvalue weighted by molar-refractivity contribution is 9.10. The zero-order valence-corrected chi connectivity index (χ0v) is 10.3. The maximum atomic E-state index is 11.5. The van der Waals surface area contributed by atoms with Gasteiger partial charge in [-0.05, 0) is 35.0 Å². The summed E-state index contributed by atoms with van der Waals surface area (Å²) in [5, 5.41) is 0. The second kappa shape index (κ2) is 4.27. The first-order valence-electron chi connectivity index (χ1n) is 4.05. The number of rotatable bonds is 3. The van der Waals surface area contributed by atoms with Gasteiger partial charge in [-0.15, -0.1) is 0 Å². The summed E-state index contributed by atoms with van der Waals surface area (Å²) in [7, 11) is -1.71. The fourth-order valence-electron chi connectivity index (χ4n) is 0.890. The zero-order valence-electron chi connectivity index (χ0n) is 7.94. The monoisotopic (exact) mass is 278 g/mol. The molecule has 0 amide bonds. The van der Waals surface area contributed by atoms with Crippen molar-refractivity contribution in [1.29, 1.82) is 0 Å². The van der Waals surface area contributed by atoms with Gasteiger partial charge in [0.1, 0.15) is 5.82 Å². The van der Waals surface area contributed by atoms with Crippen LogP contribution < -0.4 is 4.31 Å². The number of anilines is 1. The average Bonchev–Trinajstić information content (AvgIpc) is 2.18. The van der Waals surface area contributed by atoms with Crippen LogP contribution in [0.2, 0.25) is 0 Å². The molecule has 0 unspecified atom stereocenters. The molecular weight excluding hydrogens is 268 g/mol. The molecule has 0 aromatic carbocycles. The molecule has 4 nitrogen and oxygen atoms in total. The van der Waals surface area contributed by atoms with Crippen molar-refractivity contribution in [2.45, 2.75) is 6.92 Å². The standard InChI is InChI=1S/C8H11BrN2O2S/c1-3-14(12,13)11(2)8-5-4-7(9)6-10-8/h4-6H,3H2,1-2H3. The number of sulfonamides is 1.